The standard InChI is InChI=1S/C11H14N4O2/c12-6-8-2-1-3-9(11(8)14)15-4-5-17-7-10(13)16/h1-3,15H,4-5,7,14H2,(H2,13,16). The van der Waals surface area contributed by atoms with E-state index in [2.05, 4.69) is 5.32 Å². The summed E-state index contributed by atoms with van der Waals surface area (Å²) in [6, 6.07) is 7.14. The van der Waals surface area contributed by atoms with Gasteiger partial charge in [-0.05, 0) is 12.1 Å². The van der Waals surface area contributed by atoms with Gasteiger partial charge in [0.25, 0.3) is 0 Å². The number of ether oxygens (including phenoxy) is 1. The minimum Gasteiger partial charge on any atom is -0.396 e. The van der Waals surface area contributed by atoms with Crippen LogP contribution in [0.15, 0.2) is 18.2 Å². The van der Waals surface area contributed by atoms with Gasteiger partial charge in [-0.15, -0.1) is 0 Å². The zero-order valence-electron chi connectivity index (χ0n) is 9.27. The number of amides is 1. The van der Waals surface area contributed by atoms with Crippen LogP contribution in [0.4, 0.5) is 11.4 Å². The first-order valence-electron chi connectivity index (χ1n) is 5.03. The quantitative estimate of drug-likeness (QED) is 0.475. The molecule has 0 fully saturated rings. The first-order valence-corrected chi connectivity index (χ1v) is 5.03. The molecule has 6 nitrogen and oxygen atoms in total. The number of nitrogens with two attached hydrogens (primary N) is 2. The third-order valence-corrected chi connectivity index (χ3v) is 2.03. The lowest BCUT2D eigenvalue weighted by Gasteiger charge is -2.09. The van der Waals surface area contributed by atoms with Crippen LogP contribution in [0.25, 0.3) is 0 Å². The smallest absolute Gasteiger partial charge is 0.243 e. The molecule has 0 bridgehead atoms. The topological polar surface area (TPSA) is 114 Å². The second-order valence-corrected chi connectivity index (χ2v) is 3.32. The highest BCUT2D eigenvalue weighted by molar-refractivity contribution is 5.75. The van der Waals surface area contributed by atoms with Crippen molar-refractivity contribution in [1.82, 2.24) is 0 Å². The molecule has 5 N–H and O–H groups in total. The second kappa shape index (κ2) is 6.35. The molecule has 90 valence electrons. The molecule has 1 aromatic carbocycles. The zero-order chi connectivity index (χ0) is 12.7. The number of nitriles is 1. The summed E-state index contributed by atoms with van der Waals surface area (Å²) in [5.74, 6) is -0.504. The van der Waals surface area contributed by atoms with Crippen molar-refractivity contribution in [3.05, 3.63) is 23.8 Å². The zero-order valence-corrected chi connectivity index (χ0v) is 9.27. The number of hydrogen-bond acceptors (Lipinski definition) is 5. The number of carbonyl (C=O) groups excluding carboxylic acids is 1. The van der Waals surface area contributed by atoms with E-state index in [1.54, 1.807) is 18.2 Å². The van der Waals surface area contributed by atoms with E-state index >= 15 is 0 Å². The Morgan fingerprint density at radius 2 is 2.29 bits per heavy atom. The van der Waals surface area contributed by atoms with Crippen LogP contribution in [-0.4, -0.2) is 25.7 Å². The van der Waals surface area contributed by atoms with Crippen molar-refractivity contribution in [2.24, 2.45) is 5.73 Å². The summed E-state index contributed by atoms with van der Waals surface area (Å²) in [4.78, 5) is 10.4. The van der Waals surface area contributed by atoms with Crippen molar-refractivity contribution in [2.45, 2.75) is 0 Å². The summed E-state index contributed by atoms with van der Waals surface area (Å²) in [5, 5.41) is 11.8. The summed E-state index contributed by atoms with van der Waals surface area (Å²) < 4.78 is 4.97. The first-order chi connectivity index (χ1) is 8.15. The summed E-state index contributed by atoms with van der Waals surface area (Å²) in [6.45, 7) is 0.709. The highest BCUT2D eigenvalue weighted by Gasteiger charge is 2.03. The monoisotopic (exact) mass is 234 g/mol. The van der Waals surface area contributed by atoms with Gasteiger partial charge in [-0.3, -0.25) is 4.79 Å². The van der Waals surface area contributed by atoms with Crippen molar-refractivity contribution in [1.29, 1.82) is 5.26 Å². The second-order valence-electron chi connectivity index (χ2n) is 3.32. The Morgan fingerprint density at radius 3 is 2.94 bits per heavy atom. The summed E-state index contributed by atoms with van der Waals surface area (Å²) in [7, 11) is 0. The van der Waals surface area contributed by atoms with Crippen molar-refractivity contribution in [2.75, 3.05) is 30.8 Å². The molecular formula is C11H14N4O2. The molecule has 6 heteroatoms. The summed E-state index contributed by atoms with van der Waals surface area (Å²) in [6.07, 6.45) is 0. The van der Waals surface area contributed by atoms with E-state index in [4.69, 9.17) is 21.5 Å². The number of primary amides is 1. The molecule has 1 rings (SSSR count). The van der Waals surface area contributed by atoms with Crippen molar-refractivity contribution in [3.63, 3.8) is 0 Å². The number of anilines is 2. The molecule has 0 radical (unpaired) electrons. The average Bonchev–Trinajstić information content (AvgIpc) is 2.30. The van der Waals surface area contributed by atoms with Gasteiger partial charge in [-0.2, -0.15) is 5.26 Å². The molecular weight excluding hydrogens is 220 g/mol. The Kier molecular flexibility index (Phi) is 4.78. The fourth-order valence-corrected chi connectivity index (χ4v) is 1.25. The lowest BCUT2D eigenvalue weighted by atomic mass is 10.1. The molecule has 0 saturated heterocycles. The van der Waals surface area contributed by atoms with Gasteiger partial charge >= 0.3 is 0 Å². The molecule has 1 amide bonds. The van der Waals surface area contributed by atoms with Gasteiger partial charge in [0.2, 0.25) is 5.91 Å². The normalized spacial score (nSPS) is 9.59. The molecule has 0 atom stereocenters. The SMILES string of the molecule is N#Cc1cccc(NCCOCC(N)=O)c1N. The Labute approximate surface area is 99.2 Å². The molecule has 0 unspecified atom stereocenters. The lowest BCUT2D eigenvalue weighted by Crippen LogP contribution is -2.20. The Bertz CT molecular complexity index is 440. The van der Waals surface area contributed by atoms with Crippen molar-refractivity contribution < 1.29 is 9.53 Å². The van der Waals surface area contributed by atoms with Crippen LogP contribution in [0.3, 0.4) is 0 Å². The van der Waals surface area contributed by atoms with Crippen LogP contribution in [-0.2, 0) is 9.53 Å². The number of benzene rings is 1. The number of nitrogens with one attached hydrogen (secondary N) is 1. The molecule has 0 spiro atoms. The fourth-order valence-electron chi connectivity index (χ4n) is 1.25. The van der Waals surface area contributed by atoms with Gasteiger partial charge in [0.1, 0.15) is 12.7 Å². The van der Waals surface area contributed by atoms with Gasteiger partial charge in [0.15, 0.2) is 0 Å². The van der Waals surface area contributed by atoms with E-state index in [1.165, 1.54) is 0 Å². The van der Waals surface area contributed by atoms with Gasteiger partial charge in [0, 0.05) is 6.54 Å². The first kappa shape index (κ1) is 12.8. The van der Waals surface area contributed by atoms with Crippen LogP contribution in [0.5, 0.6) is 0 Å². The van der Waals surface area contributed by atoms with Crippen molar-refractivity contribution >= 4 is 17.3 Å². The van der Waals surface area contributed by atoms with Crippen LogP contribution < -0.4 is 16.8 Å². The number of nitrogens with zero attached hydrogens (tertiary/aromatic N) is 1. The Hall–Kier alpha value is -2.26. The molecule has 0 aliphatic carbocycles. The van der Waals surface area contributed by atoms with Gasteiger partial charge in [-0.1, -0.05) is 6.07 Å². The third kappa shape index (κ3) is 4.01. The predicted octanol–water partition coefficient (Wildman–Crippen LogP) is 0.0543. The lowest BCUT2D eigenvalue weighted by molar-refractivity contribution is -0.122. The van der Waals surface area contributed by atoms with Crippen LogP contribution >= 0.6 is 0 Å². The average molecular weight is 234 g/mol. The molecule has 1 aromatic rings. The van der Waals surface area contributed by atoms with Crippen LogP contribution in [0.2, 0.25) is 0 Å². The van der Waals surface area contributed by atoms with Gasteiger partial charge in [-0.25, -0.2) is 0 Å². The van der Waals surface area contributed by atoms with E-state index in [1.807, 2.05) is 6.07 Å². The van der Waals surface area contributed by atoms with E-state index in [0.29, 0.717) is 30.1 Å². The molecule has 0 aliphatic heterocycles. The summed E-state index contributed by atoms with van der Waals surface area (Å²) in [5.41, 5.74) is 12.2. The van der Waals surface area contributed by atoms with Crippen LogP contribution in [0.1, 0.15) is 5.56 Å². The Morgan fingerprint density at radius 1 is 1.53 bits per heavy atom. The fraction of sp³-hybridized carbons (Fsp3) is 0.273. The van der Waals surface area contributed by atoms with Crippen LogP contribution in [0, 0.1) is 11.3 Å². The van der Waals surface area contributed by atoms with E-state index in [9.17, 15) is 4.79 Å². The molecule has 17 heavy (non-hydrogen) atoms. The Balaban J connectivity index is 2.42. The van der Waals surface area contributed by atoms with Gasteiger partial charge in [0.05, 0.1) is 23.5 Å². The van der Waals surface area contributed by atoms with E-state index in [-0.39, 0.29) is 6.61 Å². The van der Waals surface area contributed by atoms with Crippen molar-refractivity contribution in [3.8, 4) is 6.07 Å². The number of para-hydroxylation sites is 1. The predicted molar refractivity (Wildman–Crippen MR) is 64.1 cm³/mol. The number of nitrogen functional groups attached to an aromatic ring is 1. The largest absolute Gasteiger partial charge is 0.396 e. The maximum absolute atomic E-state index is 10.4. The minimum atomic E-state index is -0.504. The number of hydrogen-bond donors (Lipinski definition) is 3. The molecule has 0 saturated carbocycles. The number of carbonyl (C=O) groups is 1. The van der Waals surface area contributed by atoms with E-state index in [0.717, 1.165) is 0 Å². The highest BCUT2D eigenvalue weighted by Crippen LogP contribution is 2.21. The highest BCUT2D eigenvalue weighted by atomic mass is 16.5. The molecule has 0 aliphatic rings. The maximum Gasteiger partial charge on any atom is 0.243 e. The molecule has 0 aromatic heterocycles. The summed E-state index contributed by atoms with van der Waals surface area (Å²) >= 11 is 0. The third-order valence-electron chi connectivity index (χ3n) is 2.03. The van der Waals surface area contributed by atoms with Gasteiger partial charge < -0.3 is 21.5 Å². The molecule has 0 heterocycles. The minimum absolute atomic E-state index is 0.102. The van der Waals surface area contributed by atoms with E-state index < -0.39 is 5.91 Å². The maximum atomic E-state index is 10.4. The number of rotatable bonds is 6.